The molecule has 19 heavy (non-hydrogen) atoms. The number of nitrogens with zero attached hydrogens (tertiary/aromatic N) is 1. The summed E-state index contributed by atoms with van der Waals surface area (Å²) in [5.41, 5.74) is 1.47. The zero-order valence-electron chi connectivity index (χ0n) is 11.4. The Bertz CT molecular complexity index is 474. The largest absolute Gasteiger partial charge is 0.387 e. The second-order valence-electron chi connectivity index (χ2n) is 5.82. The Labute approximate surface area is 114 Å². The lowest BCUT2D eigenvalue weighted by Crippen LogP contribution is -2.32. The van der Waals surface area contributed by atoms with Gasteiger partial charge >= 0.3 is 0 Å². The van der Waals surface area contributed by atoms with E-state index in [1.807, 2.05) is 13.1 Å². The minimum Gasteiger partial charge on any atom is -0.387 e. The maximum atomic E-state index is 12.2. The molecule has 0 saturated heterocycles. The molecule has 0 spiro atoms. The summed E-state index contributed by atoms with van der Waals surface area (Å²) in [5.74, 6) is 2.46. The van der Waals surface area contributed by atoms with Crippen LogP contribution in [0.25, 0.3) is 0 Å². The number of amides is 1. The molecule has 2 saturated carbocycles. The molecule has 4 nitrogen and oxygen atoms in total. The summed E-state index contributed by atoms with van der Waals surface area (Å²) < 4.78 is 0. The van der Waals surface area contributed by atoms with Crippen molar-refractivity contribution >= 4 is 11.6 Å². The minimum absolute atomic E-state index is 0.0137. The molecular weight excluding hydrogens is 238 g/mol. The van der Waals surface area contributed by atoms with Gasteiger partial charge in [0.2, 0.25) is 0 Å². The van der Waals surface area contributed by atoms with E-state index in [9.17, 15) is 4.79 Å². The Hall–Kier alpha value is -1.58. The van der Waals surface area contributed by atoms with Crippen molar-refractivity contribution in [2.24, 2.45) is 17.8 Å². The number of pyridine rings is 1. The highest BCUT2D eigenvalue weighted by atomic mass is 16.1. The summed E-state index contributed by atoms with van der Waals surface area (Å²) in [6, 6.07) is 1.83. The van der Waals surface area contributed by atoms with Gasteiger partial charge in [-0.25, -0.2) is 0 Å². The molecule has 2 aliphatic rings. The standard InChI is InChI=1S/C15H21N3O/c1-16-14-4-5-17-9-13(14)15(19)18-8-12-7-10-2-3-11(12)6-10/h4-5,9-12H,2-3,6-8H2,1H3,(H,16,17)(H,18,19). The number of nitrogens with one attached hydrogen (secondary N) is 2. The van der Waals surface area contributed by atoms with Gasteiger partial charge in [0, 0.05) is 31.7 Å². The fourth-order valence-corrected chi connectivity index (χ4v) is 3.74. The van der Waals surface area contributed by atoms with Gasteiger partial charge in [-0.1, -0.05) is 6.42 Å². The molecule has 102 valence electrons. The lowest BCUT2D eigenvalue weighted by Gasteiger charge is -2.22. The maximum absolute atomic E-state index is 12.2. The van der Waals surface area contributed by atoms with Gasteiger partial charge in [0.1, 0.15) is 0 Å². The lowest BCUT2D eigenvalue weighted by atomic mass is 9.89. The molecule has 3 unspecified atom stereocenters. The predicted octanol–water partition coefficient (Wildman–Crippen LogP) is 2.29. The molecule has 0 aliphatic heterocycles. The number of rotatable bonds is 4. The van der Waals surface area contributed by atoms with Gasteiger partial charge in [0.25, 0.3) is 5.91 Å². The second-order valence-corrected chi connectivity index (χ2v) is 5.82. The van der Waals surface area contributed by atoms with E-state index in [4.69, 9.17) is 0 Å². The van der Waals surface area contributed by atoms with Gasteiger partial charge in [-0.3, -0.25) is 9.78 Å². The molecule has 0 aromatic carbocycles. The van der Waals surface area contributed by atoms with Crippen molar-refractivity contribution in [2.45, 2.75) is 25.7 Å². The average Bonchev–Trinajstić information content (AvgIpc) is 3.07. The van der Waals surface area contributed by atoms with Crippen LogP contribution in [0.3, 0.4) is 0 Å². The molecule has 0 radical (unpaired) electrons. The van der Waals surface area contributed by atoms with Crippen LogP contribution in [0.4, 0.5) is 5.69 Å². The van der Waals surface area contributed by atoms with E-state index in [1.54, 1.807) is 12.4 Å². The van der Waals surface area contributed by atoms with E-state index >= 15 is 0 Å². The molecule has 1 amide bonds. The Kier molecular flexibility index (Phi) is 3.40. The first kappa shape index (κ1) is 12.5. The molecule has 2 fully saturated rings. The van der Waals surface area contributed by atoms with Crippen molar-refractivity contribution in [2.75, 3.05) is 18.9 Å². The van der Waals surface area contributed by atoms with Gasteiger partial charge in [-0.05, 0) is 43.1 Å². The first-order valence-corrected chi connectivity index (χ1v) is 7.18. The Morgan fingerprint density at radius 3 is 3.00 bits per heavy atom. The van der Waals surface area contributed by atoms with Gasteiger partial charge in [0.05, 0.1) is 5.56 Å². The quantitative estimate of drug-likeness (QED) is 0.872. The van der Waals surface area contributed by atoms with Crippen molar-refractivity contribution in [1.29, 1.82) is 0 Å². The van der Waals surface area contributed by atoms with Crippen LogP contribution < -0.4 is 10.6 Å². The normalized spacial score (nSPS) is 28.4. The second kappa shape index (κ2) is 5.19. The molecule has 2 aliphatic carbocycles. The van der Waals surface area contributed by atoms with E-state index in [-0.39, 0.29) is 5.91 Å². The van der Waals surface area contributed by atoms with E-state index in [0.717, 1.165) is 24.1 Å². The third-order valence-electron chi connectivity index (χ3n) is 4.74. The molecule has 1 aromatic heterocycles. The van der Waals surface area contributed by atoms with Crippen molar-refractivity contribution in [3.05, 3.63) is 24.0 Å². The van der Waals surface area contributed by atoms with Gasteiger partial charge in [-0.15, -0.1) is 0 Å². The molecule has 3 rings (SSSR count). The molecule has 3 atom stereocenters. The van der Waals surface area contributed by atoms with Crippen molar-refractivity contribution in [1.82, 2.24) is 10.3 Å². The number of carbonyl (C=O) groups is 1. The number of fused-ring (bicyclic) bond motifs is 2. The maximum Gasteiger partial charge on any atom is 0.254 e. The first-order valence-electron chi connectivity index (χ1n) is 7.18. The highest BCUT2D eigenvalue weighted by Gasteiger charge is 2.39. The number of anilines is 1. The smallest absolute Gasteiger partial charge is 0.254 e. The molecule has 1 heterocycles. The monoisotopic (exact) mass is 259 g/mol. The number of carbonyl (C=O) groups excluding carboxylic acids is 1. The topological polar surface area (TPSA) is 54.0 Å². The van der Waals surface area contributed by atoms with E-state index in [1.165, 1.54) is 25.7 Å². The average molecular weight is 259 g/mol. The van der Waals surface area contributed by atoms with Crippen LogP contribution in [0.5, 0.6) is 0 Å². The zero-order valence-corrected chi connectivity index (χ0v) is 11.4. The van der Waals surface area contributed by atoms with E-state index in [2.05, 4.69) is 15.6 Å². The Balaban J connectivity index is 1.59. The van der Waals surface area contributed by atoms with E-state index < -0.39 is 0 Å². The third-order valence-corrected chi connectivity index (χ3v) is 4.74. The van der Waals surface area contributed by atoms with Crippen LogP contribution in [0.1, 0.15) is 36.0 Å². The van der Waals surface area contributed by atoms with Crippen LogP contribution >= 0.6 is 0 Å². The third kappa shape index (κ3) is 2.44. The highest BCUT2D eigenvalue weighted by Crippen LogP contribution is 2.47. The molecule has 2 bridgehead atoms. The van der Waals surface area contributed by atoms with Crippen LogP contribution in [-0.2, 0) is 0 Å². The number of hydrogen-bond acceptors (Lipinski definition) is 3. The van der Waals surface area contributed by atoms with Gasteiger partial charge < -0.3 is 10.6 Å². The van der Waals surface area contributed by atoms with Crippen molar-refractivity contribution in [3.63, 3.8) is 0 Å². The van der Waals surface area contributed by atoms with Gasteiger partial charge in [-0.2, -0.15) is 0 Å². The molecule has 2 N–H and O–H groups in total. The first-order chi connectivity index (χ1) is 9.28. The summed E-state index contributed by atoms with van der Waals surface area (Å²) in [6.45, 7) is 0.818. The van der Waals surface area contributed by atoms with Crippen LogP contribution in [-0.4, -0.2) is 24.5 Å². The minimum atomic E-state index is -0.0137. The molecular formula is C15H21N3O. The number of hydrogen-bond donors (Lipinski definition) is 2. The fraction of sp³-hybridized carbons (Fsp3) is 0.600. The van der Waals surface area contributed by atoms with E-state index in [0.29, 0.717) is 11.5 Å². The van der Waals surface area contributed by atoms with Crippen molar-refractivity contribution in [3.8, 4) is 0 Å². The van der Waals surface area contributed by atoms with Crippen molar-refractivity contribution < 1.29 is 4.79 Å². The van der Waals surface area contributed by atoms with Crippen LogP contribution in [0.2, 0.25) is 0 Å². The highest BCUT2D eigenvalue weighted by molar-refractivity contribution is 5.99. The molecule has 1 aromatic rings. The van der Waals surface area contributed by atoms with Crippen LogP contribution in [0.15, 0.2) is 18.5 Å². The predicted molar refractivity (Wildman–Crippen MR) is 75.1 cm³/mol. The van der Waals surface area contributed by atoms with Crippen LogP contribution in [0, 0.1) is 17.8 Å². The zero-order chi connectivity index (χ0) is 13.2. The summed E-state index contributed by atoms with van der Waals surface area (Å²) >= 11 is 0. The summed E-state index contributed by atoms with van der Waals surface area (Å²) in [7, 11) is 1.82. The Morgan fingerprint density at radius 2 is 2.32 bits per heavy atom. The summed E-state index contributed by atoms with van der Waals surface area (Å²) in [5, 5.41) is 6.11. The lowest BCUT2D eigenvalue weighted by molar-refractivity contribution is 0.0942. The fourth-order valence-electron chi connectivity index (χ4n) is 3.74. The summed E-state index contributed by atoms with van der Waals surface area (Å²) in [4.78, 5) is 16.2. The number of aromatic nitrogens is 1. The molecule has 4 heteroatoms. The Morgan fingerprint density at radius 1 is 1.42 bits per heavy atom. The summed E-state index contributed by atoms with van der Waals surface area (Å²) in [6.07, 6.45) is 8.77. The SMILES string of the molecule is CNc1ccncc1C(=O)NCC1CC2CCC1C2. The van der Waals surface area contributed by atoms with Gasteiger partial charge in [0.15, 0.2) is 0 Å².